The lowest BCUT2D eigenvalue weighted by molar-refractivity contribution is -0.148. The van der Waals surface area contributed by atoms with Crippen molar-refractivity contribution >= 4 is 5.97 Å². The van der Waals surface area contributed by atoms with Crippen LogP contribution < -0.4 is 9.47 Å². The van der Waals surface area contributed by atoms with Crippen molar-refractivity contribution in [2.45, 2.75) is 47.0 Å². The van der Waals surface area contributed by atoms with Crippen LogP contribution in [0.2, 0.25) is 0 Å². The molecule has 1 aromatic carbocycles. The predicted octanol–water partition coefficient (Wildman–Crippen LogP) is 4.38. The number of ether oxygens (including phenoxy) is 2. The SMILES string of the molecule is CCC(C)(CCOc1ccc(OCCC(C)C)cc1)C(=O)O. The summed E-state index contributed by atoms with van der Waals surface area (Å²) in [5.74, 6) is 1.43. The molecule has 1 unspecified atom stereocenters. The molecule has 1 rings (SSSR count). The van der Waals surface area contributed by atoms with Crippen LogP contribution in [-0.4, -0.2) is 24.3 Å². The normalized spacial score (nSPS) is 13.7. The van der Waals surface area contributed by atoms with Crippen LogP contribution in [0.1, 0.15) is 47.0 Å². The first-order chi connectivity index (χ1) is 10.4. The molecule has 0 radical (unpaired) electrons. The van der Waals surface area contributed by atoms with Gasteiger partial charge in [-0.15, -0.1) is 0 Å². The van der Waals surface area contributed by atoms with E-state index in [9.17, 15) is 9.90 Å². The van der Waals surface area contributed by atoms with Crippen LogP contribution in [-0.2, 0) is 4.79 Å². The zero-order valence-electron chi connectivity index (χ0n) is 14.1. The Hall–Kier alpha value is -1.71. The Morgan fingerprint density at radius 1 is 1.14 bits per heavy atom. The number of hydrogen-bond acceptors (Lipinski definition) is 3. The number of carboxylic acids is 1. The van der Waals surface area contributed by atoms with E-state index in [4.69, 9.17) is 9.47 Å². The van der Waals surface area contributed by atoms with E-state index >= 15 is 0 Å². The number of aliphatic carboxylic acids is 1. The van der Waals surface area contributed by atoms with Crippen LogP contribution in [0.4, 0.5) is 0 Å². The molecular weight excluding hydrogens is 280 g/mol. The van der Waals surface area contributed by atoms with Gasteiger partial charge in [0.25, 0.3) is 0 Å². The summed E-state index contributed by atoms with van der Waals surface area (Å²) >= 11 is 0. The first-order valence-electron chi connectivity index (χ1n) is 7.96. The summed E-state index contributed by atoms with van der Waals surface area (Å²) < 4.78 is 11.3. The van der Waals surface area contributed by atoms with E-state index in [-0.39, 0.29) is 0 Å². The summed E-state index contributed by atoms with van der Waals surface area (Å²) in [6.07, 6.45) is 2.11. The van der Waals surface area contributed by atoms with Crippen LogP contribution in [0.3, 0.4) is 0 Å². The van der Waals surface area contributed by atoms with Crippen molar-refractivity contribution in [3.8, 4) is 11.5 Å². The van der Waals surface area contributed by atoms with Crippen LogP contribution in [0.15, 0.2) is 24.3 Å². The summed E-state index contributed by atoms with van der Waals surface area (Å²) in [4.78, 5) is 11.2. The molecule has 0 saturated carbocycles. The number of carbonyl (C=O) groups is 1. The molecule has 124 valence electrons. The van der Waals surface area contributed by atoms with E-state index in [1.807, 2.05) is 31.2 Å². The molecule has 4 heteroatoms. The Balaban J connectivity index is 2.40. The zero-order chi connectivity index (χ0) is 16.6. The van der Waals surface area contributed by atoms with E-state index in [0.29, 0.717) is 32.0 Å². The van der Waals surface area contributed by atoms with Gasteiger partial charge in [0.05, 0.1) is 18.6 Å². The fourth-order valence-corrected chi connectivity index (χ4v) is 1.87. The second kappa shape index (κ2) is 8.66. The smallest absolute Gasteiger partial charge is 0.309 e. The van der Waals surface area contributed by atoms with Crippen molar-refractivity contribution in [2.24, 2.45) is 11.3 Å². The summed E-state index contributed by atoms with van der Waals surface area (Å²) in [6, 6.07) is 7.47. The topological polar surface area (TPSA) is 55.8 Å². The molecule has 0 aliphatic rings. The van der Waals surface area contributed by atoms with Gasteiger partial charge in [-0.05, 0) is 56.4 Å². The summed E-state index contributed by atoms with van der Waals surface area (Å²) in [7, 11) is 0. The van der Waals surface area contributed by atoms with E-state index in [1.165, 1.54) is 0 Å². The molecule has 0 fully saturated rings. The van der Waals surface area contributed by atoms with Gasteiger partial charge in [0.15, 0.2) is 0 Å². The Morgan fingerprint density at radius 3 is 2.05 bits per heavy atom. The van der Waals surface area contributed by atoms with Crippen molar-refractivity contribution in [3.05, 3.63) is 24.3 Å². The van der Waals surface area contributed by atoms with Crippen molar-refractivity contribution < 1.29 is 19.4 Å². The molecule has 0 bridgehead atoms. The summed E-state index contributed by atoms with van der Waals surface area (Å²) in [5, 5.41) is 9.22. The summed E-state index contributed by atoms with van der Waals surface area (Å²) in [5.41, 5.74) is -0.722. The third-order valence-electron chi connectivity index (χ3n) is 4.01. The highest BCUT2D eigenvalue weighted by molar-refractivity contribution is 5.73. The number of rotatable bonds is 10. The third-order valence-corrected chi connectivity index (χ3v) is 4.01. The maximum Gasteiger partial charge on any atom is 0.309 e. The lowest BCUT2D eigenvalue weighted by Gasteiger charge is -2.22. The number of carboxylic acid groups (broad SMARTS) is 1. The standard InChI is InChI=1S/C18H28O4/c1-5-18(4,17(19)20)11-13-22-16-8-6-15(7-9-16)21-12-10-14(2)3/h6-9,14H,5,10-13H2,1-4H3,(H,19,20). The largest absolute Gasteiger partial charge is 0.494 e. The molecule has 0 spiro atoms. The molecule has 0 aromatic heterocycles. The second-order valence-corrected chi connectivity index (χ2v) is 6.32. The molecule has 0 heterocycles. The number of hydrogen-bond donors (Lipinski definition) is 1. The monoisotopic (exact) mass is 308 g/mol. The minimum Gasteiger partial charge on any atom is -0.494 e. The van der Waals surface area contributed by atoms with Crippen molar-refractivity contribution in [1.82, 2.24) is 0 Å². The van der Waals surface area contributed by atoms with E-state index in [0.717, 1.165) is 17.9 Å². The van der Waals surface area contributed by atoms with Gasteiger partial charge in [-0.25, -0.2) is 0 Å². The van der Waals surface area contributed by atoms with Gasteiger partial charge in [-0.1, -0.05) is 20.8 Å². The van der Waals surface area contributed by atoms with Gasteiger partial charge in [0, 0.05) is 0 Å². The van der Waals surface area contributed by atoms with Gasteiger partial charge in [-0.3, -0.25) is 4.79 Å². The molecule has 22 heavy (non-hydrogen) atoms. The lowest BCUT2D eigenvalue weighted by Crippen LogP contribution is -2.28. The Bertz CT molecular complexity index is 453. The predicted molar refractivity (Wildman–Crippen MR) is 87.5 cm³/mol. The average molecular weight is 308 g/mol. The minimum absolute atomic E-state index is 0.393. The molecule has 4 nitrogen and oxygen atoms in total. The molecule has 1 atom stereocenters. The molecule has 1 aromatic rings. The van der Waals surface area contributed by atoms with Gasteiger partial charge >= 0.3 is 5.97 Å². The van der Waals surface area contributed by atoms with Crippen LogP contribution in [0.5, 0.6) is 11.5 Å². The first kappa shape index (κ1) is 18.3. The van der Waals surface area contributed by atoms with E-state index in [2.05, 4.69) is 13.8 Å². The molecular formula is C18H28O4. The molecule has 1 N–H and O–H groups in total. The molecule has 0 aliphatic heterocycles. The van der Waals surface area contributed by atoms with E-state index < -0.39 is 11.4 Å². The van der Waals surface area contributed by atoms with E-state index in [1.54, 1.807) is 6.92 Å². The van der Waals surface area contributed by atoms with Gasteiger partial charge < -0.3 is 14.6 Å². The molecule has 0 amide bonds. The molecule has 0 aliphatic carbocycles. The lowest BCUT2D eigenvalue weighted by atomic mass is 9.84. The van der Waals surface area contributed by atoms with Crippen LogP contribution in [0, 0.1) is 11.3 Å². The van der Waals surface area contributed by atoms with Gasteiger partial charge in [0.2, 0.25) is 0 Å². The summed E-state index contributed by atoms with van der Waals surface area (Å²) in [6.45, 7) is 9.08. The van der Waals surface area contributed by atoms with Gasteiger partial charge in [0.1, 0.15) is 11.5 Å². The van der Waals surface area contributed by atoms with Crippen LogP contribution >= 0.6 is 0 Å². The highest BCUT2D eigenvalue weighted by atomic mass is 16.5. The van der Waals surface area contributed by atoms with Crippen molar-refractivity contribution in [3.63, 3.8) is 0 Å². The highest BCUT2D eigenvalue weighted by Crippen LogP contribution is 2.26. The second-order valence-electron chi connectivity index (χ2n) is 6.32. The highest BCUT2D eigenvalue weighted by Gasteiger charge is 2.30. The average Bonchev–Trinajstić information content (AvgIpc) is 2.48. The first-order valence-corrected chi connectivity index (χ1v) is 7.96. The fourth-order valence-electron chi connectivity index (χ4n) is 1.87. The Morgan fingerprint density at radius 2 is 1.64 bits per heavy atom. The van der Waals surface area contributed by atoms with Gasteiger partial charge in [-0.2, -0.15) is 0 Å². The maximum atomic E-state index is 11.2. The van der Waals surface area contributed by atoms with Crippen molar-refractivity contribution in [1.29, 1.82) is 0 Å². The number of benzene rings is 1. The van der Waals surface area contributed by atoms with Crippen LogP contribution in [0.25, 0.3) is 0 Å². The third kappa shape index (κ3) is 5.96. The Labute approximate surface area is 133 Å². The maximum absolute atomic E-state index is 11.2. The minimum atomic E-state index is -0.771. The Kier molecular flexibility index (Phi) is 7.22. The quantitative estimate of drug-likeness (QED) is 0.697. The molecule has 0 saturated heterocycles. The van der Waals surface area contributed by atoms with Crippen molar-refractivity contribution in [2.75, 3.05) is 13.2 Å². The fraction of sp³-hybridized carbons (Fsp3) is 0.611. The zero-order valence-corrected chi connectivity index (χ0v) is 14.1.